The van der Waals surface area contributed by atoms with Gasteiger partial charge >= 0.3 is 5.69 Å². The molecule has 0 unspecified atom stereocenters. The van der Waals surface area contributed by atoms with Gasteiger partial charge in [-0.2, -0.15) is 4.98 Å². The maximum Gasteiger partial charge on any atom is 0.350 e. The molecule has 5 rings (SSSR count). The van der Waals surface area contributed by atoms with Gasteiger partial charge < -0.3 is 9.30 Å². The molecule has 0 amide bonds. The number of methoxy groups -OCH3 is 1. The monoisotopic (exact) mass is 412 g/mol. The molecule has 8 heteroatoms. The molecule has 8 nitrogen and oxygen atoms in total. The zero-order valence-electron chi connectivity index (χ0n) is 17.2. The van der Waals surface area contributed by atoms with Crippen LogP contribution >= 0.6 is 0 Å². The van der Waals surface area contributed by atoms with Crippen molar-refractivity contribution in [2.24, 2.45) is 0 Å². The van der Waals surface area contributed by atoms with Gasteiger partial charge in [0.2, 0.25) is 0 Å². The second-order valence-corrected chi connectivity index (χ2v) is 7.40. The smallest absolute Gasteiger partial charge is 0.350 e. The van der Waals surface area contributed by atoms with E-state index in [-0.39, 0.29) is 5.69 Å². The van der Waals surface area contributed by atoms with Crippen molar-refractivity contribution in [1.82, 2.24) is 29.1 Å². The first-order valence-corrected chi connectivity index (χ1v) is 9.87. The summed E-state index contributed by atoms with van der Waals surface area (Å²) >= 11 is 0. The van der Waals surface area contributed by atoms with Gasteiger partial charge in [0.15, 0.2) is 11.5 Å². The van der Waals surface area contributed by atoms with Crippen LogP contribution in [0, 0.1) is 6.92 Å². The number of ether oxygens (including phenoxy) is 1. The van der Waals surface area contributed by atoms with Crippen LogP contribution in [-0.2, 0) is 13.1 Å². The highest BCUT2D eigenvalue weighted by Crippen LogP contribution is 2.24. The number of rotatable bonds is 5. The zero-order valence-corrected chi connectivity index (χ0v) is 17.2. The third kappa shape index (κ3) is 3.52. The fourth-order valence-electron chi connectivity index (χ4n) is 3.59. The maximum atomic E-state index is 12.7. The number of aryl methyl sites for hydroxylation is 1. The van der Waals surface area contributed by atoms with Gasteiger partial charge in [0.1, 0.15) is 23.3 Å². The van der Waals surface area contributed by atoms with Gasteiger partial charge in [-0.1, -0.05) is 42.0 Å². The third-order valence-electron chi connectivity index (χ3n) is 5.27. The Morgan fingerprint density at radius 1 is 0.903 bits per heavy atom. The SMILES string of the molecule is COc1ccc(Cn2cnc3c4nc(=O)n(Cc5ccc(C)cc5)c-4ncnc32)cc1. The molecule has 1 aromatic heterocycles. The van der Waals surface area contributed by atoms with Crippen molar-refractivity contribution < 1.29 is 4.74 Å². The summed E-state index contributed by atoms with van der Waals surface area (Å²) in [6, 6.07) is 15.9. The molecule has 2 aliphatic heterocycles. The molecule has 3 heterocycles. The van der Waals surface area contributed by atoms with E-state index in [1.165, 1.54) is 11.9 Å². The minimum absolute atomic E-state index is 0.347. The summed E-state index contributed by atoms with van der Waals surface area (Å²) in [4.78, 5) is 30.3. The normalized spacial score (nSPS) is 11.3. The van der Waals surface area contributed by atoms with E-state index in [4.69, 9.17) is 4.74 Å². The van der Waals surface area contributed by atoms with Crippen LogP contribution in [0.3, 0.4) is 0 Å². The summed E-state index contributed by atoms with van der Waals surface area (Å²) in [5.74, 6) is 1.28. The van der Waals surface area contributed by atoms with Gasteiger partial charge in [-0.3, -0.25) is 4.57 Å². The predicted octanol–water partition coefficient (Wildman–Crippen LogP) is 2.90. The average molecular weight is 412 g/mol. The lowest BCUT2D eigenvalue weighted by molar-refractivity contribution is 0.414. The quantitative estimate of drug-likeness (QED) is 0.441. The predicted molar refractivity (Wildman–Crippen MR) is 116 cm³/mol. The lowest BCUT2D eigenvalue weighted by Crippen LogP contribution is -2.17. The largest absolute Gasteiger partial charge is 0.497 e. The highest BCUT2D eigenvalue weighted by atomic mass is 16.5. The van der Waals surface area contributed by atoms with Crippen molar-refractivity contribution in [2.45, 2.75) is 20.0 Å². The van der Waals surface area contributed by atoms with E-state index in [1.54, 1.807) is 18.0 Å². The van der Waals surface area contributed by atoms with Gasteiger partial charge in [0.25, 0.3) is 0 Å². The second kappa shape index (κ2) is 7.64. The van der Waals surface area contributed by atoms with Crippen molar-refractivity contribution >= 4 is 11.2 Å². The number of nitrogens with zero attached hydrogens (tertiary/aromatic N) is 6. The van der Waals surface area contributed by atoms with Crippen molar-refractivity contribution in [3.8, 4) is 17.3 Å². The molecule has 0 N–H and O–H groups in total. The lowest BCUT2D eigenvalue weighted by Gasteiger charge is -2.05. The topological polar surface area (TPSA) is 87.7 Å². The number of hydrogen-bond acceptors (Lipinski definition) is 6. The summed E-state index contributed by atoms with van der Waals surface area (Å²) in [5.41, 5.74) is 4.54. The molecule has 3 aromatic rings. The van der Waals surface area contributed by atoms with Crippen LogP contribution < -0.4 is 10.4 Å². The molecule has 2 aromatic carbocycles. The molecule has 2 aliphatic rings. The molecule has 0 atom stereocenters. The molecule has 154 valence electrons. The van der Waals surface area contributed by atoms with Crippen LogP contribution in [0.5, 0.6) is 5.75 Å². The van der Waals surface area contributed by atoms with Crippen LogP contribution in [0.2, 0.25) is 0 Å². The number of imidazole rings is 2. The Morgan fingerprint density at radius 2 is 1.61 bits per heavy atom. The van der Waals surface area contributed by atoms with Gasteiger partial charge in [-0.15, -0.1) is 0 Å². The van der Waals surface area contributed by atoms with Crippen molar-refractivity contribution in [3.05, 3.63) is 88.4 Å². The van der Waals surface area contributed by atoms with Gasteiger partial charge in [-0.25, -0.2) is 19.7 Å². The van der Waals surface area contributed by atoms with Crippen LogP contribution in [0.25, 0.3) is 22.7 Å². The molecule has 0 spiro atoms. The van der Waals surface area contributed by atoms with E-state index in [1.807, 2.05) is 60.0 Å². The molecule has 0 saturated heterocycles. The minimum Gasteiger partial charge on any atom is -0.497 e. The fourth-order valence-corrected chi connectivity index (χ4v) is 3.59. The maximum absolute atomic E-state index is 12.7. The van der Waals surface area contributed by atoms with Crippen molar-refractivity contribution in [1.29, 1.82) is 0 Å². The number of hydrogen-bond donors (Lipinski definition) is 0. The van der Waals surface area contributed by atoms with E-state index in [0.29, 0.717) is 35.8 Å². The van der Waals surface area contributed by atoms with Gasteiger partial charge in [0.05, 0.1) is 26.5 Å². The fraction of sp³-hybridized carbons (Fsp3) is 0.174. The molecular weight excluding hydrogens is 392 g/mol. The minimum atomic E-state index is -0.347. The number of fused-ring (bicyclic) bond motifs is 3. The number of aromatic nitrogens is 6. The molecule has 31 heavy (non-hydrogen) atoms. The third-order valence-corrected chi connectivity index (χ3v) is 5.27. The van der Waals surface area contributed by atoms with Crippen LogP contribution in [-0.4, -0.2) is 36.2 Å². The Morgan fingerprint density at radius 3 is 2.35 bits per heavy atom. The van der Waals surface area contributed by atoms with Crippen molar-refractivity contribution in [2.75, 3.05) is 7.11 Å². The van der Waals surface area contributed by atoms with E-state index in [2.05, 4.69) is 19.9 Å². The number of benzene rings is 2. The summed E-state index contributed by atoms with van der Waals surface area (Å²) in [6.45, 7) is 3.00. The molecule has 0 fully saturated rings. The van der Waals surface area contributed by atoms with E-state index in [9.17, 15) is 4.79 Å². The standard InChI is InChI=1S/C23H20N6O2/c1-15-3-5-17(6-4-15)12-29-22-20(27-23(29)30)19-21(24-13-25-22)28(14-26-19)11-16-7-9-18(31-2)10-8-16/h3-10,13-14H,11-12H2,1-2H3. The first-order chi connectivity index (χ1) is 15.1. The van der Waals surface area contributed by atoms with Gasteiger partial charge in [-0.05, 0) is 30.2 Å². The summed E-state index contributed by atoms with van der Waals surface area (Å²) in [7, 11) is 1.64. The first kappa shape index (κ1) is 18.9. The lowest BCUT2D eigenvalue weighted by atomic mass is 10.1. The molecule has 0 radical (unpaired) electrons. The zero-order chi connectivity index (χ0) is 21.4. The molecule has 0 saturated carbocycles. The summed E-state index contributed by atoms with van der Waals surface area (Å²) in [6.07, 6.45) is 3.18. The Labute approximate surface area is 178 Å². The summed E-state index contributed by atoms with van der Waals surface area (Å²) in [5, 5.41) is 0. The highest BCUT2D eigenvalue weighted by Gasteiger charge is 2.21. The Bertz CT molecular complexity index is 1390. The van der Waals surface area contributed by atoms with Gasteiger partial charge in [0, 0.05) is 0 Å². The molecule has 0 aliphatic carbocycles. The summed E-state index contributed by atoms with van der Waals surface area (Å²) < 4.78 is 8.69. The first-order valence-electron chi connectivity index (χ1n) is 9.87. The van der Waals surface area contributed by atoms with E-state index < -0.39 is 0 Å². The Balaban J connectivity index is 1.53. The van der Waals surface area contributed by atoms with E-state index in [0.717, 1.165) is 16.9 Å². The van der Waals surface area contributed by atoms with E-state index >= 15 is 0 Å². The van der Waals surface area contributed by atoms with Crippen LogP contribution in [0.1, 0.15) is 16.7 Å². The van der Waals surface area contributed by atoms with Crippen LogP contribution in [0.15, 0.2) is 66.0 Å². The van der Waals surface area contributed by atoms with Crippen LogP contribution in [0.4, 0.5) is 0 Å². The highest BCUT2D eigenvalue weighted by molar-refractivity contribution is 5.85. The molecular formula is C23H20N6O2. The second-order valence-electron chi connectivity index (χ2n) is 7.40. The Hall–Kier alpha value is -4.07. The molecule has 0 bridgehead atoms. The van der Waals surface area contributed by atoms with Crippen molar-refractivity contribution in [3.63, 3.8) is 0 Å². The average Bonchev–Trinajstić information content (AvgIpc) is 3.25. The Kier molecular flexibility index (Phi) is 4.66.